The number of nitrogens with two attached hydrogens (primary N) is 1. The Morgan fingerprint density at radius 1 is 1.44 bits per heavy atom. The van der Waals surface area contributed by atoms with Crippen molar-refractivity contribution in [2.24, 2.45) is 0 Å². The van der Waals surface area contributed by atoms with E-state index in [0.29, 0.717) is 23.1 Å². The molecule has 0 spiro atoms. The number of nitrogen functional groups attached to an aromatic ring is 1. The predicted molar refractivity (Wildman–Crippen MR) is 61.4 cm³/mol. The van der Waals surface area contributed by atoms with Crippen LogP contribution in [0.1, 0.15) is 11.5 Å². The zero-order valence-electron chi connectivity index (χ0n) is 8.74. The van der Waals surface area contributed by atoms with Gasteiger partial charge in [0.2, 0.25) is 0 Å². The number of ether oxygens (including phenoxy) is 1. The maximum Gasteiger partial charge on any atom is 0.138 e. The molecule has 5 heteroatoms. The van der Waals surface area contributed by atoms with E-state index in [9.17, 15) is 0 Å². The van der Waals surface area contributed by atoms with E-state index >= 15 is 0 Å². The monoisotopic (exact) mass is 238 g/mol. The van der Waals surface area contributed by atoms with Gasteiger partial charge in [0, 0.05) is 11.8 Å². The Bertz CT molecular complexity index is 496. The van der Waals surface area contributed by atoms with E-state index in [0.717, 1.165) is 11.5 Å². The quantitative estimate of drug-likeness (QED) is 0.836. The molecule has 2 rings (SSSR count). The fraction of sp³-hybridized carbons (Fsp3) is 0.182. The minimum Gasteiger partial charge on any atom is -0.486 e. The molecule has 0 saturated heterocycles. The van der Waals surface area contributed by atoms with Crippen molar-refractivity contribution < 1.29 is 9.26 Å². The molecule has 0 aliphatic rings. The number of benzene rings is 1. The minimum absolute atomic E-state index is 0.320. The van der Waals surface area contributed by atoms with Gasteiger partial charge in [-0.05, 0) is 25.1 Å². The van der Waals surface area contributed by atoms with Crippen LogP contribution in [0.2, 0.25) is 5.02 Å². The molecule has 84 valence electrons. The van der Waals surface area contributed by atoms with Gasteiger partial charge < -0.3 is 15.0 Å². The highest BCUT2D eigenvalue weighted by Gasteiger charge is 2.04. The molecular formula is C11H11ClN2O2. The first-order valence-corrected chi connectivity index (χ1v) is 5.13. The summed E-state index contributed by atoms with van der Waals surface area (Å²) in [5.41, 5.74) is 6.90. The number of rotatable bonds is 3. The van der Waals surface area contributed by atoms with Crippen molar-refractivity contribution in [1.82, 2.24) is 5.16 Å². The molecule has 0 amide bonds. The Morgan fingerprint density at radius 3 is 2.88 bits per heavy atom. The van der Waals surface area contributed by atoms with Gasteiger partial charge in [0.25, 0.3) is 0 Å². The Kier molecular flexibility index (Phi) is 3.01. The third-order valence-electron chi connectivity index (χ3n) is 2.01. The minimum atomic E-state index is 0.320. The molecule has 16 heavy (non-hydrogen) atoms. The SMILES string of the molecule is Cc1cc(COc2ccc(N)cc2Cl)no1. The number of anilines is 1. The second-order valence-electron chi connectivity index (χ2n) is 3.41. The van der Waals surface area contributed by atoms with Crippen LogP contribution in [0.15, 0.2) is 28.8 Å². The number of halogens is 1. The highest BCUT2D eigenvalue weighted by atomic mass is 35.5. The summed E-state index contributed by atoms with van der Waals surface area (Å²) in [6.45, 7) is 2.15. The van der Waals surface area contributed by atoms with E-state index in [4.69, 9.17) is 26.6 Å². The molecule has 0 saturated carbocycles. The summed E-state index contributed by atoms with van der Waals surface area (Å²) in [5, 5.41) is 4.30. The third-order valence-corrected chi connectivity index (χ3v) is 2.30. The van der Waals surface area contributed by atoms with E-state index < -0.39 is 0 Å². The summed E-state index contributed by atoms with van der Waals surface area (Å²) < 4.78 is 10.4. The molecule has 0 atom stereocenters. The van der Waals surface area contributed by atoms with Gasteiger partial charge in [0.15, 0.2) is 0 Å². The van der Waals surface area contributed by atoms with Gasteiger partial charge in [-0.3, -0.25) is 0 Å². The van der Waals surface area contributed by atoms with Crippen molar-refractivity contribution >= 4 is 17.3 Å². The van der Waals surface area contributed by atoms with Crippen LogP contribution in [0.25, 0.3) is 0 Å². The lowest BCUT2D eigenvalue weighted by atomic mass is 10.3. The van der Waals surface area contributed by atoms with Gasteiger partial charge in [0.05, 0.1) is 5.02 Å². The van der Waals surface area contributed by atoms with Crippen LogP contribution < -0.4 is 10.5 Å². The van der Waals surface area contributed by atoms with Crippen LogP contribution in [0.5, 0.6) is 5.75 Å². The number of hydrogen-bond donors (Lipinski definition) is 1. The smallest absolute Gasteiger partial charge is 0.138 e. The lowest BCUT2D eigenvalue weighted by Crippen LogP contribution is -1.96. The average Bonchev–Trinajstić information content (AvgIpc) is 2.63. The van der Waals surface area contributed by atoms with Gasteiger partial charge in [0.1, 0.15) is 23.8 Å². The molecule has 1 heterocycles. The molecule has 0 aliphatic carbocycles. The zero-order chi connectivity index (χ0) is 11.5. The van der Waals surface area contributed by atoms with E-state index in [1.54, 1.807) is 18.2 Å². The largest absolute Gasteiger partial charge is 0.486 e. The summed E-state index contributed by atoms with van der Waals surface area (Å²) >= 11 is 5.95. The van der Waals surface area contributed by atoms with Gasteiger partial charge >= 0.3 is 0 Å². The predicted octanol–water partition coefficient (Wildman–Crippen LogP) is 2.80. The van der Waals surface area contributed by atoms with Crippen LogP contribution in [0.3, 0.4) is 0 Å². The first kappa shape index (κ1) is 10.8. The lowest BCUT2D eigenvalue weighted by molar-refractivity contribution is 0.288. The molecule has 0 unspecified atom stereocenters. The number of nitrogens with zero attached hydrogens (tertiary/aromatic N) is 1. The normalized spacial score (nSPS) is 10.4. The fourth-order valence-electron chi connectivity index (χ4n) is 1.27. The topological polar surface area (TPSA) is 61.3 Å². The molecule has 0 bridgehead atoms. The standard InChI is InChI=1S/C11H11ClN2O2/c1-7-4-9(14-16-7)6-15-11-3-2-8(13)5-10(11)12/h2-5H,6,13H2,1H3. The van der Waals surface area contributed by atoms with Crippen molar-refractivity contribution in [3.63, 3.8) is 0 Å². The van der Waals surface area contributed by atoms with Crippen molar-refractivity contribution in [3.05, 3.63) is 40.7 Å². The van der Waals surface area contributed by atoms with E-state index in [1.165, 1.54) is 0 Å². The molecule has 2 N–H and O–H groups in total. The second-order valence-corrected chi connectivity index (χ2v) is 3.81. The highest BCUT2D eigenvalue weighted by molar-refractivity contribution is 6.32. The number of hydrogen-bond acceptors (Lipinski definition) is 4. The maximum absolute atomic E-state index is 5.95. The van der Waals surface area contributed by atoms with E-state index in [2.05, 4.69) is 5.16 Å². The van der Waals surface area contributed by atoms with Gasteiger partial charge in [-0.15, -0.1) is 0 Å². The molecule has 0 fully saturated rings. The molecule has 0 aliphatic heterocycles. The zero-order valence-corrected chi connectivity index (χ0v) is 9.49. The molecule has 4 nitrogen and oxygen atoms in total. The van der Waals surface area contributed by atoms with Crippen LogP contribution in [-0.2, 0) is 6.61 Å². The van der Waals surface area contributed by atoms with Gasteiger partial charge in [-0.1, -0.05) is 16.8 Å². The maximum atomic E-state index is 5.95. The number of aryl methyl sites for hydroxylation is 1. The lowest BCUT2D eigenvalue weighted by Gasteiger charge is -2.06. The average molecular weight is 239 g/mol. The van der Waals surface area contributed by atoms with Crippen LogP contribution in [0, 0.1) is 6.92 Å². The molecule has 1 aromatic heterocycles. The molecule has 0 radical (unpaired) electrons. The fourth-order valence-corrected chi connectivity index (χ4v) is 1.52. The van der Waals surface area contributed by atoms with Gasteiger partial charge in [-0.25, -0.2) is 0 Å². The summed E-state index contributed by atoms with van der Waals surface area (Å²) in [6.07, 6.45) is 0. The molecule has 1 aromatic carbocycles. The Labute approximate surface area is 97.9 Å². The molecular weight excluding hydrogens is 228 g/mol. The summed E-state index contributed by atoms with van der Waals surface area (Å²) in [6, 6.07) is 6.91. The highest BCUT2D eigenvalue weighted by Crippen LogP contribution is 2.26. The van der Waals surface area contributed by atoms with Crippen molar-refractivity contribution in [2.45, 2.75) is 13.5 Å². The Morgan fingerprint density at radius 2 is 2.25 bits per heavy atom. The summed E-state index contributed by atoms with van der Waals surface area (Å²) in [5.74, 6) is 1.33. The van der Waals surface area contributed by atoms with Crippen LogP contribution in [-0.4, -0.2) is 5.16 Å². The first-order valence-electron chi connectivity index (χ1n) is 4.75. The summed E-state index contributed by atoms with van der Waals surface area (Å²) in [7, 11) is 0. The van der Waals surface area contributed by atoms with Crippen LogP contribution in [0.4, 0.5) is 5.69 Å². The number of aromatic nitrogens is 1. The Hall–Kier alpha value is -1.68. The Balaban J connectivity index is 2.04. The van der Waals surface area contributed by atoms with Crippen LogP contribution >= 0.6 is 11.6 Å². The van der Waals surface area contributed by atoms with E-state index in [1.807, 2.05) is 13.0 Å². The summed E-state index contributed by atoms with van der Waals surface area (Å²) in [4.78, 5) is 0. The van der Waals surface area contributed by atoms with Crippen molar-refractivity contribution in [2.75, 3.05) is 5.73 Å². The second kappa shape index (κ2) is 4.45. The molecule has 2 aromatic rings. The van der Waals surface area contributed by atoms with Crippen molar-refractivity contribution in [1.29, 1.82) is 0 Å². The first-order chi connectivity index (χ1) is 7.65. The third kappa shape index (κ3) is 2.46. The van der Waals surface area contributed by atoms with E-state index in [-0.39, 0.29) is 0 Å². The van der Waals surface area contributed by atoms with Gasteiger partial charge in [-0.2, -0.15) is 0 Å². The van der Waals surface area contributed by atoms with Crippen molar-refractivity contribution in [3.8, 4) is 5.75 Å².